The zero-order valence-corrected chi connectivity index (χ0v) is 29.2. The lowest BCUT2D eigenvalue weighted by atomic mass is 9.72. The van der Waals surface area contributed by atoms with E-state index in [1.807, 2.05) is 39.1 Å². The van der Waals surface area contributed by atoms with E-state index in [-0.39, 0.29) is 23.2 Å². The number of rotatable bonds is 13. The minimum absolute atomic E-state index is 0.193. The Hall–Kier alpha value is -3.50. The van der Waals surface area contributed by atoms with Crippen molar-refractivity contribution < 1.29 is 24.0 Å². The van der Waals surface area contributed by atoms with Gasteiger partial charge in [0.15, 0.2) is 0 Å². The van der Waals surface area contributed by atoms with Crippen LogP contribution in [0.4, 0.5) is 4.79 Å². The lowest BCUT2D eigenvalue weighted by Crippen LogP contribution is -2.63. The van der Waals surface area contributed by atoms with Crippen LogP contribution in [0.25, 0.3) is 0 Å². The number of likely N-dealkylation sites (tertiary alicyclic amines) is 1. The fraction of sp³-hybridized carbons (Fsp3) is 0.722. The fourth-order valence-electron chi connectivity index (χ4n) is 7.48. The number of nitrogens with zero attached hydrogens (tertiary/aromatic N) is 2. The van der Waals surface area contributed by atoms with Crippen molar-refractivity contribution in [1.29, 1.82) is 0 Å². The van der Waals surface area contributed by atoms with Crippen LogP contribution >= 0.6 is 0 Å². The first-order valence-corrected chi connectivity index (χ1v) is 17.5. The molecule has 2 aliphatic carbocycles. The topological polar surface area (TPSA) is 164 Å². The molecule has 1 saturated heterocycles. The lowest BCUT2D eigenvalue weighted by molar-refractivity contribution is -0.145. The van der Waals surface area contributed by atoms with Gasteiger partial charge < -0.3 is 26.6 Å². The third-order valence-electron chi connectivity index (χ3n) is 10.8. The third kappa shape index (κ3) is 9.11. The molecule has 1 unspecified atom stereocenters. The van der Waals surface area contributed by atoms with Crippen LogP contribution in [0.5, 0.6) is 0 Å². The largest absolute Gasteiger partial charge is 0.363 e. The molecule has 0 radical (unpaired) electrons. The number of nitrogens with two attached hydrogens (primary N) is 1. The Kier molecular flexibility index (Phi) is 11.4. The Morgan fingerprint density at radius 3 is 2.26 bits per heavy atom. The predicted octanol–water partition coefficient (Wildman–Crippen LogP) is 4.03. The summed E-state index contributed by atoms with van der Waals surface area (Å²) in [4.78, 5) is 72.9. The van der Waals surface area contributed by atoms with Crippen molar-refractivity contribution in [3.63, 3.8) is 0 Å². The smallest absolute Gasteiger partial charge is 0.315 e. The minimum atomic E-state index is -1.08. The molecule has 4 atom stereocenters. The minimum Gasteiger partial charge on any atom is -0.363 e. The molecule has 0 spiro atoms. The Labute approximate surface area is 280 Å². The van der Waals surface area contributed by atoms with Crippen LogP contribution < -0.4 is 21.7 Å². The molecule has 1 aliphatic heterocycles. The Balaban J connectivity index is 1.58. The van der Waals surface area contributed by atoms with Crippen molar-refractivity contribution in [2.24, 2.45) is 28.4 Å². The number of amides is 5. The van der Waals surface area contributed by atoms with E-state index >= 15 is 0 Å². The lowest BCUT2D eigenvalue weighted by Gasteiger charge is -2.41. The summed E-state index contributed by atoms with van der Waals surface area (Å²) >= 11 is 0. The van der Waals surface area contributed by atoms with Gasteiger partial charge in [-0.05, 0) is 66.4 Å². The van der Waals surface area contributed by atoms with E-state index in [1.54, 1.807) is 11.1 Å². The molecule has 3 fully saturated rings. The Morgan fingerprint density at radius 1 is 1.02 bits per heavy atom. The first-order valence-electron chi connectivity index (χ1n) is 17.5. The van der Waals surface area contributed by atoms with Crippen LogP contribution in [0, 0.1) is 22.7 Å². The molecule has 0 bridgehead atoms. The van der Waals surface area contributed by atoms with Crippen molar-refractivity contribution in [2.75, 3.05) is 6.54 Å². The third-order valence-corrected chi connectivity index (χ3v) is 10.8. The van der Waals surface area contributed by atoms with Gasteiger partial charge in [-0.25, -0.2) is 4.79 Å². The molecule has 2 saturated carbocycles. The summed E-state index contributed by atoms with van der Waals surface area (Å²) in [5.41, 5.74) is 4.98. The molecule has 3 aliphatic rings. The molecule has 4 rings (SSSR count). The second-order valence-electron chi connectivity index (χ2n) is 16.0. The Morgan fingerprint density at radius 2 is 1.70 bits per heavy atom. The van der Waals surface area contributed by atoms with Gasteiger partial charge in [0.05, 0.1) is 6.04 Å². The predicted molar refractivity (Wildman–Crippen MR) is 180 cm³/mol. The van der Waals surface area contributed by atoms with Gasteiger partial charge in [-0.15, -0.1) is 0 Å². The summed E-state index contributed by atoms with van der Waals surface area (Å²) in [7, 11) is 0. The van der Waals surface area contributed by atoms with E-state index in [4.69, 9.17) is 5.73 Å². The van der Waals surface area contributed by atoms with E-state index in [0.29, 0.717) is 25.8 Å². The summed E-state index contributed by atoms with van der Waals surface area (Å²) in [5, 5.41) is 9.13. The monoisotopic (exact) mass is 652 g/mol. The highest BCUT2D eigenvalue weighted by Gasteiger charge is 2.51. The highest BCUT2D eigenvalue weighted by molar-refractivity contribution is 6.37. The highest BCUT2D eigenvalue weighted by Crippen LogP contribution is 2.42. The fourth-order valence-corrected chi connectivity index (χ4v) is 7.48. The van der Waals surface area contributed by atoms with Gasteiger partial charge >= 0.3 is 6.03 Å². The van der Waals surface area contributed by atoms with Crippen LogP contribution in [0.15, 0.2) is 24.5 Å². The number of carbonyl (C=O) groups excluding carboxylic acids is 5. The quantitative estimate of drug-likeness (QED) is 0.235. The molecule has 1 aromatic rings. The second-order valence-corrected chi connectivity index (χ2v) is 16.0. The number of hydrogen-bond donors (Lipinski definition) is 4. The van der Waals surface area contributed by atoms with Crippen LogP contribution in [0.1, 0.15) is 111 Å². The first-order chi connectivity index (χ1) is 22.1. The number of Topliss-reactive ketones (excluding diaryl/α,β-unsaturated/α-hetero) is 1. The number of pyridine rings is 1. The van der Waals surface area contributed by atoms with Crippen molar-refractivity contribution in [3.8, 4) is 0 Å². The van der Waals surface area contributed by atoms with Gasteiger partial charge in [-0.1, -0.05) is 86.1 Å². The standard InChI is InChI=1S/C36H56N6O5/c1-7-35(5,6)25-15-19-42(27(25)31(45)39-26(20-23-13-14-23)28(43)30(37)44)32(46)29(34(2,3)4)40-33(47)41-36(16-9-8-10-17-36)21-24-12-11-18-38-22-24/h11-12,18,22-23,25-27,29H,7-10,13-17,19-21H2,1-6H3,(H2,37,44)(H,39,45)(H2,40,41,47)/t25-,26?,27-,29+/m0/s1. The summed E-state index contributed by atoms with van der Waals surface area (Å²) in [5.74, 6) is -2.64. The molecule has 0 aromatic carbocycles. The SMILES string of the molecule is CCC(C)(C)[C@H]1CCN(C(=O)[C@@H](NC(=O)NC2(Cc3cccnc3)CCCCC2)C(C)(C)C)[C@@H]1C(=O)NC(CC1CC1)C(=O)C(N)=O. The van der Waals surface area contributed by atoms with Crippen molar-refractivity contribution in [3.05, 3.63) is 30.1 Å². The van der Waals surface area contributed by atoms with E-state index in [0.717, 1.165) is 56.9 Å². The van der Waals surface area contributed by atoms with Crippen molar-refractivity contribution >= 4 is 29.5 Å². The number of hydrogen-bond acceptors (Lipinski definition) is 6. The Bertz CT molecular complexity index is 1300. The van der Waals surface area contributed by atoms with Gasteiger partial charge in [0.25, 0.3) is 5.91 Å². The van der Waals surface area contributed by atoms with Gasteiger partial charge in [-0.3, -0.25) is 24.2 Å². The van der Waals surface area contributed by atoms with E-state index in [1.165, 1.54) is 0 Å². The van der Waals surface area contributed by atoms with Crippen LogP contribution in [0.2, 0.25) is 0 Å². The van der Waals surface area contributed by atoms with Gasteiger partial charge in [0.2, 0.25) is 17.6 Å². The van der Waals surface area contributed by atoms with Crippen LogP contribution in [0.3, 0.4) is 0 Å². The number of ketones is 1. The molecular weight excluding hydrogens is 596 g/mol. The summed E-state index contributed by atoms with van der Waals surface area (Å²) < 4.78 is 0. The maximum atomic E-state index is 14.5. The molecule has 260 valence electrons. The van der Waals surface area contributed by atoms with E-state index < -0.39 is 52.7 Å². The molecule has 5 amide bonds. The normalized spacial score (nSPS) is 22.6. The summed E-state index contributed by atoms with van der Waals surface area (Å²) in [6.07, 6.45) is 12.6. The molecule has 11 nitrogen and oxygen atoms in total. The average Bonchev–Trinajstić information content (AvgIpc) is 3.71. The van der Waals surface area contributed by atoms with Gasteiger partial charge in [-0.2, -0.15) is 0 Å². The molecule has 11 heteroatoms. The summed E-state index contributed by atoms with van der Waals surface area (Å²) in [6.45, 7) is 12.3. The number of nitrogens with one attached hydrogen (secondary N) is 3. The highest BCUT2D eigenvalue weighted by atomic mass is 16.2. The maximum absolute atomic E-state index is 14.5. The first kappa shape index (κ1) is 36.3. The zero-order valence-electron chi connectivity index (χ0n) is 29.2. The van der Waals surface area contributed by atoms with Gasteiger partial charge in [0, 0.05) is 24.5 Å². The van der Waals surface area contributed by atoms with Crippen molar-refractivity contribution in [1.82, 2.24) is 25.8 Å². The van der Waals surface area contributed by atoms with Crippen LogP contribution in [-0.2, 0) is 25.6 Å². The summed E-state index contributed by atoms with van der Waals surface area (Å²) in [6, 6.07) is 0.687. The molecule has 5 N–H and O–H groups in total. The molecule has 47 heavy (non-hydrogen) atoms. The average molecular weight is 653 g/mol. The maximum Gasteiger partial charge on any atom is 0.315 e. The zero-order chi connectivity index (χ0) is 34.6. The number of aromatic nitrogens is 1. The van der Waals surface area contributed by atoms with Crippen LogP contribution in [-0.4, -0.2) is 69.6 Å². The number of primary amides is 1. The molecular formula is C36H56N6O5. The second kappa shape index (κ2) is 14.7. The number of carbonyl (C=O) groups is 5. The molecule has 1 aromatic heterocycles. The number of urea groups is 1. The van der Waals surface area contributed by atoms with Gasteiger partial charge in [0.1, 0.15) is 12.1 Å². The van der Waals surface area contributed by atoms with Crippen molar-refractivity contribution in [2.45, 2.75) is 136 Å². The van der Waals surface area contributed by atoms with E-state index in [9.17, 15) is 24.0 Å². The molecule has 2 heterocycles. The van der Waals surface area contributed by atoms with E-state index in [2.05, 4.69) is 41.7 Å².